The molecule has 0 radical (unpaired) electrons. The summed E-state index contributed by atoms with van der Waals surface area (Å²) in [6.07, 6.45) is 25.8. The third-order valence-corrected chi connectivity index (χ3v) is 14.3. The Kier molecular flexibility index (Phi) is 6.43. The first-order valence-electron chi connectivity index (χ1n) is 19.0. The number of aromatic amines is 2. The maximum Gasteiger partial charge on any atom is 0.0462 e. The second-order valence-electron chi connectivity index (χ2n) is 16.7. The summed E-state index contributed by atoms with van der Waals surface area (Å²) in [5.74, 6) is 2.11. The van der Waals surface area contributed by atoms with Gasteiger partial charge in [0.15, 0.2) is 0 Å². The van der Waals surface area contributed by atoms with Crippen molar-refractivity contribution in [3.8, 4) is 0 Å². The summed E-state index contributed by atoms with van der Waals surface area (Å²) in [6, 6.07) is 23.9. The standard InChI is InChI=1S/C44H50N2/c1(19-43-21-13-29(14-22-43)15-23-43)3-31-27-39-37-7-5-34-33(35(37)9-11-41(39)45-31)6-8-38-36(34)10-12-42-40(38)28-32(46-42)4-2-20-44-24-16-30(17-25-44)18-26-44/h5-12,27-30,45-46H,1-4,13-26H2. The van der Waals surface area contributed by atoms with E-state index in [1.807, 2.05) is 0 Å². The maximum atomic E-state index is 3.80. The maximum absolute atomic E-state index is 3.80. The van der Waals surface area contributed by atoms with Crippen LogP contribution in [0, 0.1) is 22.7 Å². The normalized spacial score (nSPS) is 27.7. The lowest BCUT2D eigenvalue weighted by atomic mass is 9.59. The van der Waals surface area contributed by atoms with Gasteiger partial charge in [-0.15, -0.1) is 0 Å². The SMILES string of the molecule is c1cc2c(ccc3c4ccc5[nH]c(CCCC67CCC(CC6)CC7)cc5c4ccc23)c2cc(CCCC34CCC(CC3)CC4)[nH]c12. The van der Waals surface area contributed by atoms with Crippen molar-refractivity contribution in [2.45, 2.75) is 116 Å². The molecule has 6 aliphatic carbocycles. The van der Waals surface area contributed by atoms with Gasteiger partial charge in [-0.1, -0.05) is 36.4 Å². The zero-order valence-corrected chi connectivity index (χ0v) is 27.7. The smallest absolute Gasteiger partial charge is 0.0462 e. The summed E-state index contributed by atoms with van der Waals surface area (Å²) in [4.78, 5) is 7.61. The summed E-state index contributed by atoms with van der Waals surface area (Å²) in [5.41, 5.74) is 6.76. The Bertz CT molecular complexity index is 1910. The van der Waals surface area contributed by atoms with Gasteiger partial charge in [0.1, 0.15) is 0 Å². The molecule has 46 heavy (non-hydrogen) atoms. The predicted molar refractivity (Wildman–Crippen MR) is 196 cm³/mol. The van der Waals surface area contributed by atoms with E-state index in [1.54, 1.807) is 0 Å². The molecule has 12 rings (SSSR count). The highest BCUT2D eigenvalue weighted by molar-refractivity contribution is 6.24. The van der Waals surface area contributed by atoms with E-state index in [0.717, 1.165) is 11.8 Å². The van der Waals surface area contributed by atoms with Crippen LogP contribution in [0.25, 0.3) is 54.1 Å². The Morgan fingerprint density at radius 3 is 1.13 bits per heavy atom. The predicted octanol–water partition coefficient (Wildman–Crippen LogP) is 12.7. The Hall–Kier alpha value is -3.26. The highest BCUT2D eigenvalue weighted by atomic mass is 14.7. The number of benzene rings is 4. The summed E-state index contributed by atoms with van der Waals surface area (Å²) in [6.45, 7) is 0. The number of H-pyrrole nitrogens is 2. The van der Waals surface area contributed by atoms with Crippen molar-refractivity contribution in [2.75, 3.05) is 0 Å². The van der Waals surface area contributed by atoms with E-state index in [4.69, 9.17) is 0 Å². The first kappa shape index (κ1) is 27.8. The summed E-state index contributed by atoms with van der Waals surface area (Å²) >= 11 is 0. The minimum absolute atomic E-state index is 0.677. The first-order valence-corrected chi connectivity index (χ1v) is 19.0. The molecule has 0 saturated heterocycles. The van der Waals surface area contributed by atoms with E-state index < -0.39 is 0 Å². The van der Waals surface area contributed by atoms with Gasteiger partial charge < -0.3 is 9.97 Å². The second kappa shape index (κ2) is 10.6. The van der Waals surface area contributed by atoms with Crippen LogP contribution in [0.5, 0.6) is 0 Å². The number of hydrogen-bond acceptors (Lipinski definition) is 0. The van der Waals surface area contributed by atoms with Gasteiger partial charge in [-0.3, -0.25) is 0 Å². The fraction of sp³-hybridized carbons (Fsp3) is 0.500. The van der Waals surface area contributed by atoms with Crippen LogP contribution in [0.15, 0.2) is 60.7 Å². The molecular formula is C44H50N2. The molecule has 0 unspecified atom stereocenters. The van der Waals surface area contributed by atoms with Crippen LogP contribution >= 0.6 is 0 Å². The quantitative estimate of drug-likeness (QED) is 0.162. The average Bonchev–Trinajstić information content (AvgIpc) is 3.73. The van der Waals surface area contributed by atoms with Crippen LogP contribution in [0.4, 0.5) is 0 Å². The molecule has 6 aliphatic rings. The van der Waals surface area contributed by atoms with E-state index in [0.29, 0.717) is 10.8 Å². The largest absolute Gasteiger partial charge is 0.358 e. The van der Waals surface area contributed by atoms with E-state index >= 15 is 0 Å². The van der Waals surface area contributed by atoms with Gasteiger partial charge >= 0.3 is 0 Å². The van der Waals surface area contributed by atoms with Crippen molar-refractivity contribution < 1.29 is 0 Å². The Morgan fingerprint density at radius 1 is 0.435 bits per heavy atom. The monoisotopic (exact) mass is 606 g/mol. The van der Waals surface area contributed by atoms with Crippen LogP contribution in [0.2, 0.25) is 0 Å². The highest BCUT2D eigenvalue weighted by Gasteiger charge is 2.40. The third kappa shape index (κ3) is 4.56. The van der Waals surface area contributed by atoms with Crippen LogP contribution in [-0.4, -0.2) is 9.97 Å². The van der Waals surface area contributed by atoms with E-state index in [9.17, 15) is 0 Å². The molecule has 4 bridgehead atoms. The zero-order chi connectivity index (χ0) is 30.3. The molecule has 2 N–H and O–H groups in total. The number of aryl methyl sites for hydroxylation is 2. The first-order chi connectivity index (χ1) is 22.6. The van der Waals surface area contributed by atoms with Crippen molar-refractivity contribution in [2.24, 2.45) is 22.7 Å². The molecule has 6 saturated carbocycles. The minimum atomic E-state index is 0.677. The molecule has 4 aromatic carbocycles. The molecule has 236 valence electrons. The molecule has 2 nitrogen and oxygen atoms in total. The molecule has 0 amide bonds. The van der Waals surface area contributed by atoms with Crippen molar-refractivity contribution >= 4 is 54.1 Å². The number of nitrogens with one attached hydrogen (secondary N) is 2. The number of rotatable bonds is 8. The van der Waals surface area contributed by atoms with Gasteiger partial charge in [0.05, 0.1) is 0 Å². The van der Waals surface area contributed by atoms with Crippen molar-refractivity contribution in [3.63, 3.8) is 0 Å². The van der Waals surface area contributed by atoms with Crippen molar-refractivity contribution in [3.05, 3.63) is 72.1 Å². The Balaban J connectivity index is 0.915. The molecule has 0 atom stereocenters. The van der Waals surface area contributed by atoms with E-state index in [2.05, 4.69) is 70.6 Å². The Labute approximate surface area is 273 Å². The molecule has 6 fully saturated rings. The molecule has 2 aromatic heterocycles. The Morgan fingerprint density at radius 2 is 0.761 bits per heavy atom. The van der Waals surface area contributed by atoms with Gasteiger partial charge in [0, 0.05) is 33.2 Å². The van der Waals surface area contributed by atoms with Gasteiger partial charge in [-0.2, -0.15) is 0 Å². The zero-order valence-electron chi connectivity index (χ0n) is 27.7. The fourth-order valence-electron chi connectivity index (χ4n) is 11.4. The number of aromatic nitrogens is 2. The minimum Gasteiger partial charge on any atom is -0.358 e. The lowest BCUT2D eigenvalue weighted by Crippen LogP contribution is -2.33. The fourth-order valence-corrected chi connectivity index (χ4v) is 11.4. The van der Waals surface area contributed by atoms with E-state index in [1.165, 1.54) is 181 Å². The molecule has 2 heterocycles. The second-order valence-corrected chi connectivity index (χ2v) is 16.7. The van der Waals surface area contributed by atoms with Gasteiger partial charge in [-0.05, 0) is 195 Å². The van der Waals surface area contributed by atoms with Gasteiger partial charge in [0.25, 0.3) is 0 Å². The molecule has 6 aromatic rings. The van der Waals surface area contributed by atoms with Gasteiger partial charge in [-0.25, -0.2) is 0 Å². The third-order valence-electron chi connectivity index (χ3n) is 14.3. The lowest BCUT2D eigenvalue weighted by molar-refractivity contribution is 0.0547. The topological polar surface area (TPSA) is 31.6 Å². The highest BCUT2D eigenvalue weighted by Crippen LogP contribution is 2.54. The molecular weight excluding hydrogens is 556 g/mol. The molecule has 0 aliphatic heterocycles. The van der Waals surface area contributed by atoms with Gasteiger partial charge in [0.2, 0.25) is 0 Å². The van der Waals surface area contributed by atoms with Crippen molar-refractivity contribution in [1.29, 1.82) is 0 Å². The lowest BCUT2D eigenvalue weighted by Gasteiger charge is -2.47. The van der Waals surface area contributed by atoms with Crippen LogP contribution in [-0.2, 0) is 12.8 Å². The van der Waals surface area contributed by atoms with Crippen LogP contribution < -0.4 is 0 Å². The number of hydrogen-bond donors (Lipinski definition) is 2. The summed E-state index contributed by atoms with van der Waals surface area (Å²) in [5, 5.41) is 11.0. The summed E-state index contributed by atoms with van der Waals surface area (Å²) < 4.78 is 0. The van der Waals surface area contributed by atoms with Crippen LogP contribution in [0.3, 0.4) is 0 Å². The van der Waals surface area contributed by atoms with Crippen molar-refractivity contribution in [1.82, 2.24) is 9.97 Å². The molecule has 0 spiro atoms. The average molecular weight is 607 g/mol. The van der Waals surface area contributed by atoms with E-state index in [-0.39, 0.29) is 0 Å². The number of fused-ring (bicyclic) bond motifs is 15. The van der Waals surface area contributed by atoms with Crippen LogP contribution in [0.1, 0.15) is 114 Å². The summed E-state index contributed by atoms with van der Waals surface area (Å²) in [7, 11) is 0. The molecule has 2 heteroatoms.